The van der Waals surface area contributed by atoms with Crippen LogP contribution in [0.3, 0.4) is 0 Å². The van der Waals surface area contributed by atoms with Gasteiger partial charge >= 0.3 is 0 Å². The Hall–Kier alpha value is -6.85. The van der Waals surface area contributed by atoms with E-state index in [9.17, 15) is 0 Å². The van der Waals surface area contributed by atoms with Gasteiger partial charge in [-0.3, -0.25) is 9.13 Å². The lowest BCUT2D eigenvalue weighted by Gasteiger charge is -2.13. The Labute approximate surface area is 287 Å². The maximum absolute atomic E-state index is 5.51. The lowest BCUT2D eigenvalue weighted by molar-refractivity contribution is 1.03. The quantitative estimate of drug-likeness (QED) is 0.189. The molecule has 6 aromatic carbocycles. The lowest BCUT2D eigenvalue weighted by atomic mass is 10.1. The predicted octanol–water partition coefficient (Wildman–Crippen LogP) is 11.2. The third-order valence-electron chi connectivity index (χ3n) is 10.2. The van der Waals surface area contributed by atoms with Crippen LogP contribution >= 0.6 is 0 Å². The molecule has 5 aromatic heterocycles. The Bertz CT molecular complexity index is 3080. The zero-order valence-corrected chi connectivity index (χ0v) is 27.0. The van der Waals surface area contributed by atoms with Gasteiger partial charge in [0.2, 0.25) is 0 Å². The molecule has 0 aliphatic rings. The van der Waals surface area contributed by atoms with Gasteiger partial charge in [0.25, 0.3) is 0 Å². The summed E-state index contributed by atoms with van der Waals surface area (Å²) in [5.74, 6) is 0.889. The number of aromatic nitrogens is 5. The molecule has 0 aliphatic carbocycles. The molecule has 0 amide bonds. The molecule has 234 valence electrons. The summed E-state index contributed by atoms with van der Waals surface area (Å²) >= 11 is 0. The lowest BCUT2D eigenvalue weighted by Crippen LogP contribution is -2.03. The van der Waals surface area contributed by atoms with Gasteiger partial charge < -0.3 is 9.13 Å². The summed E-state index contributed by atoms with van der Waals surface area (Å²) in [6, 6.07) is 60.6. The fourth-order valence-corrected chi connectivity index (χ4v) is 8.07. The van der Waals surface area contributed by atoms with Crippen molar-refractivity contribution in [2.75, 3.05) is 0 Å². The van der Waals surface area contributed by atoms with Gasteiger partial charge in [0.1, 0.15) is 11.5 Å². The summed E-state index contributed by atoms with van der Waals surface area (Å²) in [4.78, 5) is 5.51. The molecule has 11 rings (SSSR count). The molecule has 0 saturated heterocycles. The summed E-state index contributed by atoms with van der Waals surface area (Å²) in [7, 11) is 0. The first-order valence-electron chi connectivity index (χ1n) is 17.0. The molecule has 50 heavy (non-hydrogen) atoms. The van der Waals surface area contributed by atoms with Crippen LogP contribution in [0.1, 0.15) is 0 Å². The van der Waals surface area contributed by atoms with Gasteiger partial charge in [0.15, 0.2) is 0 Å². The minimum Gasteiger partial charge on any atom is -0.317 e. The van der Waals surface area contributed by atoms with Gasteiger partial charge in [0.05, 0.1) is 33.1 Å². The molecule has 11 aromatic rings. The molecule has 0 unspecified atom stereocenters. The Morgan fingerprint density at radius 2 is 0.960 bits per heavy atom. The molecule has 5 heteroatoms. The normalized spacial score (nSPS) is 12.0. The monoisotopic (exact) mass is 639 g/mol. The number of hydrogen-bond donors (Lipinski definition) is 0. The number of pyridine rings is 1. The third-order valence-corrected chi connectivity index (χ3v) is 10.2. The van der Waals surface area contributed by atoms with E-state index in [0.717, 1.165) is 56.0 Å². The average molecular weight is 640 g/mol. The second-order valence-electron chi connectivity index (χ2n) is 12.9. The molecule has 0 N–H and O–H groups in total. The first kappa shape index (κ1) is 27.1. The SMILES string of the molecule is c1ccc(-n2ccc3cc(-n4c5ccccc5c5c6ccccc6n(-c6ccc7c(n6)c6ccccc6n7-c6ccccc6)c54)ccc32)cc1. The van der Waals surface area contributed by atoms with E-state index in [1.807, 2.05) is 0 Å². The zero-order chi connectivity index (χ0) is 32.8. The molecule has 0 fully saturated rings. The summed E-state index contributed by atoms with van der Waals surface area (Å²) in [6.07, 6.45) is 2.16. The number of para-hydroxylation sites is 5. The maximum Gasteiger partial charge on any atom is 0.139 e. The van der Waals surface area contributed by atoms with E-state index in [-0.39, 0.29) is 0 Å². The van der Waals surface area contributed by atoms with Crippen molar-refractivity contribution in [3.05, 3.63) is 176 Å². The molecular weight excluding hydrogens is 611 g/mol. The van der Waals surface area contributed by atoms with Crippen LogP contribution in [-0.2, 0) is 0 Å². The number of fused-ring (bicyclic) bond motifs is 9. The van der Waals surface area contributed by atoms with E-state index in [0.29, 0.717) is 0 Å². The third kappa shape index (κ3) is 3.74. The Morgan fingerprint density at radius 1 is 0.380 bits per heavy atom. The van der Waals surface area contributed by atoms with Crippen LogP contribution < -0.4 is 0 Å². The number of benzene rings is 6. The van der Waals surface area contributed by atoms with E-state index < -0.39 is 0 Å². The largest absolute Gasteiger partial charge is 0.317 e. The van der Waals surface area contributed by atoms with E-state index in [2.05, 4.69) is 194 Å². The molecule has 5 nitrogen and oxygen atoms in total. The van der Waals surface area contributed by atoms with Gasteiger partial charge in [-0.15, -0.1) is 0 Å². The van der Waals surface area contributed by atoms with E-state index in [1.54, 1.807) is 0 Å². The topological polar surface area (TPSA) is 32.6 Å². The fourth-order valence-electron chi connectivity index (χ4n) is 8.07. The van der Waals surface area contributed by atoms with Crippen molar-refractivity contribution in [2.24, 2.45) is 0 Å². The van der Waals surface area contributed by atoms with Gasteiger partial charge in [-0.2, -0.15) is 0 Å². The van der Waals surface area contributed by atoms with Crippen molar-refractivity contribution in [3.63, 3.8) is 0 Å². The Morgan fingerprint density at radius 3 is 1.68 bits per heavy atom. The smallest absolute Gasteiger partial charge is 0.139 e. The molecule has 0 saturated carbocycles. The highest BCUT2D eigenvalue weighted by molar-refractivity contribution is 6.22. The highest BCUT2D eigenvalue weighted by Crippen LogP contribution is 2.41. The van der Waals surface area contributed by atoms with Gasteiger partial charge in [-0.25, -0.2) is 4.98 Å². The van der Waals surface area contributed by atoms with Crippen LogP contribution in [0, 0.1) is 0 Å². The summed E-state index contributed by atoms with van der Waals surface area (Å²) in [6.45, 7) is 0. The van der Waals surface area contributed by atoms with Crippen molar-refractivity contribution in [2.45, 2.75) is 0 Å². The molecule has 0 bridgehead atoms. The first-order chi connectivity index (χ1) is 24.8. The summed E-state index contributed by atoms with van der Waals surface area (Å²) in [5.41, 5.74) is 11.2. The van der Waals surface area contributed by atoms with E-state index in [1.165, 1.54) is 32.6 Å². The van der Waals surface area contributed by atoms with Gasteiger partial charge in [0, 0.05) is 50.2 Å². The summed E-state index contributed by atoms with van der Waals surface area (Å²) in [5, 5.41) is 5.98. The number of rotatable bonds is 4. The van der Waals surface area contributed by atoms with Gasteiger partial charge in [-0.05, 0) is 78.9 Å². The zero-order valence-electron chi connectivity index (χ0n) is 27.0. The molecule has 0 radical (unpaired) electrons. The molecule has 0 spiro atoms. The van der Waals surface area contributed by atoms with Crippen LogP contribution in [0.25, 0.3) is 88.6 Å². The van der Waals surface area contributed by atoms with Crippen LogP contribution in [0.15, 0.2) is 176 Å². The van der Waals surface area contributed by atoms with Crippen molar-refractivity contribution in [1.82, 2.24) is 23.3 Å². The maximum atomic E-state index is 5.51. The second kappa shape index (κ2) is 10.3. The second-order valence-corrected chi connectivity index (χ2v) is 12.9. The summed E-state index contributed by atoms with van der Waals surface area (Å²) < 4.78 is 9.35. The van der Waals surface area contributed by atoms with Crippen molar-refractivity contribution in [1.29, 1.82) is 0 Å². The molecule has 0 atom stereocenters. The Kier molecular flexibility index (Phi) is 5.60. The fraction of sp³-hybridized carbons (Fsp3) is 0. The van der Waals surface area contributed by atoms with Crippen molar-refractivity contribution in [3.8, 4) is 22.9 Å². The van der Waals surface area contributed by atoms with E-state index in [4.69, 9.17) is 4.98 Å². The minimum absolute atomic E-state index is 0.889. The molecular formula is C45H29N5. The van der Waals surface area contributed by atoms with Crippen LogP contribution in [0.4, 0.5) is 0 Å². The van der Waals surface area contributed by atoms with E-state index >= 15 is 0 Å². The number of nitrogens with zero attached hydrogens (tertiary/aromatic N) is 5. The van der Waals surface area contributed by atoms with Gasteiger partial charge in [-0.1, -0.05) is 91.0 Å². The highest BCUT2D eigenvalue weighted by Gasteiger charge is 2.23. The van der Waals surface area contributed by atoms with Crippen molar-refractivity contribution >= 4 is 65.7 Å². The molecule has 0 aliphatic heterocycles. The minimum atomic E-state index is 0.889. The predicted molar refractivity (Wildman–Crippen MR) is 207 cm³/mol. The van der Waals surface area contributed by atoms with Crippen LogP contribution in [0.2, 0.25) is 0 Å². The number of hydrogen-bond acceptors (Lipinski definition) is 1. The van der Waals surface area contributed by atoms with Crippen molar-refractivity contribution < 1.29 is 0 Å². The Balaban J connectivity index is 1.22. The van der Waals surface area contributed by atoms with Crippen LogP contribution in [-0.4, -0.2) is 23.3 Å². The highest BCUT2D eigenvalue weighted by atomic mass is 15.2. The van der Waals surface area contributed by atoms with Crippen LogP contribution in [0.5, 0.6) is 0 Å². The molecule has 5 heterocycles. The average Bonchev–Trinajstić information content (AvgIpc) is 3.93. The standard InChI is InChI=1S/C45H29N5/c1-3-13-31(14-4-1)47-28-27-30-29-33(23-24-37(30)47)49-38-20-10-7-17-34(38)43-35-18-8-11-21-39(35)50(45(43)49)42-26-25-41-44(46-42)36-19-9-12-22-40(36)48(41)32-15-5-2-6-16-32/h1-29H. The first-order valence-corrected chi connectivity index (χ1v) is 17.0.